The van der Waals surface area contributed by atoms with E-state index in [1.807, 2.05) is 18.2 Å². The summed E-state index contributed by atoms with van der Waals surface area (Å²) in [6.07, 6.45) is 4.09. The quantitative estimate of drug-likeness (QED) is 0.839. The lowest BCUT2D eigenvalue weighted by molar-refractivity contribution is -0.120. The van der Waals surface area contributed by atoms with E-state index >= 15 is 0 Å². The van der Waals surface area contributed by atoms with E-state index in [9.17, 15) is 4.79 Å². The van der Waals surface area contributed by atoms with E-state index < -0.39 is 0 Å². The molecule has 0 bridgehead atoms. The average Bonchev–Trinajstić information content (AvgIpc) is 3.22. The van der Waals surface area contributed by atoms with Crippen molar-refractivity contribution in [3.05, 3.63) is 41.6 Å². The van der Waals surface area contributed by atoms with Crippen LogP contribution in [0.1, 0.15) is 36.9 Å². The molecule has 1 aromatic carbocycles. The van der Waals surface area contributed by atoms with E-state index in [4.69, 9.17) is 5.26 Å². The third kappa shape index (κ3) is 1.64. The third-order valence-electron chi connectivity index (χ3n) is 4.79. The number of hydrogen-bond acceptors (Lipinski definition) is 2. The average molecular weight is 277 g/mol. The number of anilines is 1. The largest absolute Gasteiger partial charge is 0.346 e. The Morgan fingerprint density at radius 3 is 2.67 bits per heavy atom. The number of fused-ring (bicyclic) bond motifs is 2. The Morgan fingerprint density at radius 2 is 1.95 bits per heavy atom. The van der Waals surface area contributed by atoms with Gasteiger partial charge in [0.2, 0.25) is 5.91 Å². The van der Waals surface area contributed by atoms with E-state index in [1.165, 1.54) is 0 Å². The summed E-state index contributed by atoms with van der Waals surface area (Å²) >= 11 is 0. The van der Waals surface area contributed by atoms with Gasteiger partial charge in [-0.1, -0.05) is 18.9 Å². The Hall–Kier alpha value is -2.54. The maximum Gasteiger partial charge on any atom is 0.235 e. The molecule has 1 fully saturated rings. The normalized spacial score (nSPS) is 18.5. The second-order valence-corrected chi connectivity index (χ2v) is 5.90. The van der Waals surface area contributed by atoms with E-state index in [0.717, 1.165) is 48.2 Å². The molecule has 4 nitrogen and oxygen atoms in total. The van der Waals surface area contributed by atoms with Crippen LogP contribution in [0.25, 0.3) is 11.3 Å². The molecule has 1 aliphatic heterocycles. The number of nitriles is 1. The standard InChI is InChI=1S/C17H15N3O/c18-10-12-4-6-14(19-12)11-3-5-15-13(9-11)17(16(21)20-15)7-1-2-8-17/h3-6,9,19H,1-2,7-8H2,(H,20,21). The van der Waals surface area contributed by atoms with Crippen LogP contribution in [-0.2, 0) is 10.2 Å². The molecule has 1 amide bonds. The van der Waals surface area contributed by atoms with Crippen molar-refractivity contribution in [3.8, 4) is 17.3 Å². The van der Waals surface area contributed by atoms with E-state index in [2.05, 4.69) is 22.4 Å². The number of hydrogen-bond donors (Lipinski definition) is 2. The zero-order chi connectivity index (χ0) is 14.4. The molecule has 2 N–H and O–H groups in total. The first-order valence-electron chi connectivity index (χ1n) is 7.28. The number of rotatable bonds is 1. The zero-order valence-electron chi connectivity index (χ0n) is 11.6. The Labute approximate surface area is 122 Å². The van der Waals surface area contributed by atoms with Crippen molar-refractivity contribution < 1.29 is 4.79 Å². The smallest absolute Gasteiger partial charge is 0.235 e. The number of amides is 1. The molecule has 1 aliphatic carbocycles. The SMILES string of the molecule is N#Cc1ccc(-c2ccc3c(c2)C2(CCCC2)C(=O)N3)[nH]1. The van der Waals surface area contributed by atoms with Gasteiger partial charge >= 0.3 is 0 Å². The predicted octanol–water partition coefficient (Wildman–Crippen LogP) is 3.32. The third-order valence-corrected chi connectivity index (χ3v) is 4.79. The summed E-state index contributed by atoms with van der Waals surface area (Å²) < 4.78 is 0. The molecule has 2 aromatic rings. The van der Waals surface area contributed by atoms with Crippen LogP contribution in [0.2, 0.25) is 0 Å². The first-order chi connectivity index (χ1) is 10.2. The van der Waals surface area contributed by atoms with Gasteiger partial charge in [-0.15, -0.1) is 0 Å². The van der Waals surface area contributed by atoms with Gasteiger partial charge < -0.3 is 10.3 Å². The summed E-state index contributed by atoms with van der Waals surface area (Å²) in [5, 5.41) is 11.9. The summed E-state index contributed by atoms with van der Waals surface area (Å²) in [6, 6.07) is 11.9. The number of nitrogens with zero attached hydrogens (tertiary/aromatic N) is 1. The van der Waals surface area contributed by atoms with Crippen molar-refractivity contribution >= 4 is 11.6 Å². The fourth-order valence-corrected chi connectivity index (χ4v) is 3.68. The van der Waals surface area contributed by atoms with E-state index in [0.29, 0.717) is 5.69 Å². The molecule has 104 valence electrons. The highest BCUT2D eigenvalue weighted by Gasteiger charge is 2.48. The fourth-order valence-electron chi connectivity index (χ4n) is 3.68. The molecular formula is C17H15N3O. The molecule has 1 aromatic heterocycles. The molecule has 0 unspecified atom stereocenters. The van der Waals surface area contributed by atoms with Gasteiger partial charge in [-0.25, -0.2) is 0 Å². The van der Waals surface area contributed by atoms with Crippen LogP contribution in [0, 0.1) is 11.3 Å². The molecule has 4 rings (SSSR count). The number of aromatic amines is 1. The van der Waals surface area contributed by atoms with Crippen LogP contribution in [-0.4, -0.2) is 10.9 Å². The molecule has 0 saturated heterocycles. The molecule has 4 heteroatoms. The van der Waals surface area contributed by atoms with Crippen LogP contribution >= 0.6 is 0 Å². The van der Waals surface area contributed by atoms with Gasteiger partial charge in [0.05, 0.1) is 5.41 Å². The van der Waals surface area contributed by atoms with Gasteiger partial charge in [0, 0.05) is 11.4 Å². The Kier molecular flexibility index (Phi) is 2.46. The topological polar surface area (TPSA) is 68.7 Å². The lowest BCUT2D eigenvalue weighted by atomic mass is 9.79. The summed E-state index contributed by atoms with van der Waals surface area (Å²) in [4.78, 5) is 15.5. The van der Waals surface area contributed by atoms with Gasteiger partial charge in [0.1, 0.15) is 11.8 Å². The molecule has 1 saturated carbocycles. The Morgan fingerprint density at radius 1 is 1.14 bits per heavy atom. The maximum atomic E-state index is 12.4. The number of carbonyl (C=O) groups is 1. The number of nitrogens with one attached hydrogen (secondary N) is 2. The highest BCUT2D eigenvalue weighted by molar-refractivity contribution is 6.06. The minimum atomic E-state index is -0.323. The van der Waals surface area contributed by atoms with Gasteiger partial charge in [0.15, 0.2) is 0 Å². The summed E-state index contributed by atoms with van der Waals surface area (Å²) in [5.41, 5.74) is 4.24. The van der Waals surface area contributed by atoms with Crippen molar-refractivity contribution in [1.82, 2.24) is 4.98 Å². The molecule has 0 atom stereocenters. The molecule has 21 heavy (non-hydrogen) atoms. The van der Waals surface area contributed by atoms with Gasteiger partial charge in [-0.3, -0.25) is 4.79 Å². The minimum absolute atomic E-state index is 0.149. The van der Waals surface area contributed by atoms with Crippen molar-refractivity contribution in [3.63, 3.8) is 0 Å². The van der Waals surface area contributed by atoms with Crippen molar-refractivity contribution in [2.45, 2.75) is 31.1 Å². The Balaban J connectivity index is 1.83. The van der Waals surface area contributed by atoms with Crippen LogP contribution in [0.15, 0.2) is 30.3 Å². The molecule has 2 aliphatic rings. The van der Waals surface area contributed by atoms with Crippen LogP contribution < -0.4 is 5.32 Å². The lowest BCUT2D eigenvalue weighted by Crippen LogP contribution is -2.30. The van der Waals surface area contributed by atoms with Crippen LogP contribution in [0.3, 0.4) is 0 Å². The summed E-state index contributed by atoms with van der Waals surface area (Å²) in [7, 11) is 0. The first-order valence-corrected chi connectivity index (χ1v) is 7.28. The van der Waals surface area contributed by atoms with Crippen LogP contribution in [0.5, 0.6) is 0 Å². The number of aromatic nitrogens is 1. The first kappa shape index (κ1) is 12.2. The maximum absolute atomic E-state index is 12.4. The molecule has 1 spiro atoms. The highest BCUT2D eigenvalue weighted by Crippen LogP contribution is 2.49. The van der Waals surface area contributed by atoms with E-state index in [-0.39, 0.29) is 11.3 Å². The van der Waals surface area contributed by atoms with E-state index in [1.54, 1.807) is 6.07 Å². The zero-order valence-corrected chi connectivity index (χ0v) is 11.6. The van der Waals surface area contributed by atoms with Crippen molar-refractivity contribution in [2.24, 2.45) is 0 Å². The second kappa shape index (κ2) is 4.23. The number of H-pyrrole nitrogens is 1. The summed E-state index contributed by atoms with van der Waals surface area (Å²) in [6.45, 7) is 0. The highest BCUT2D eigenvalue weighted by atomic mass is 16.2. The van der Waals surface area contributed by atoms with Gasteiger partial charge in [-0.2, -0.15) is 5.26 Å². The molecular weight excluding hydrogens is 262 g/mol. The molecule has 2 heterocycles. The molecule has 0 radical (unpaired) electrons. The van der Waals surface area contributed by atoms with Crippen LogP contribution in [0.4, 0.5) is 5.69 Å². The number of carbonyl (C=O) groups excluding carboxylic acids is 1. The predicted molar refractivity (Wildman–Crippen MR) is 79.7 cm³/mol. The fraction of sp³-hybridized carbons (Fsp3) is 0.294. The minimum Gasteiger partial charge on any atom is -0.346 e. The second-order valence-electron chi connectivity index (χ2n) is 5.90. The lowest BCUT2D eigenvalue weighted by Gasteiger charge is -2.20. The van der Waals surface area contributed by atoms with Crippen molar-refractivity contribution in [1.29, 1.82) is 5.26 Å². The van der Waals surface area contributed by atoms with Gasteiger partial charge in [0.25, 0.3) is 0 Å². The van der Waals surface area contributed by atoms with Gasteiger partial charge in [-0.05, 0) is 48.2 Å². The number of benzene rings is 1. The monoisotopic (exact) mass is 277 g/mol. The van der Waals surface area contributed by atoms with Crippen molar-refractivity contribution in [2.75, 3.05) is 5.32 Å². The summed E-state index contributed by atoms with van der Waals surface area (Å²) in [5.74, 6) is 0.149. The Bertz CT molecular complexity index is 776.